The molecule has 0 fully saturated rings. The quantitative estimate of drug-likeness (QED) is 0.137. The number of nitrogen functional groups attached to an aromatic ring is 1. The molecule has 2 N–H and O–H groups in total. The van der Waals surface area contributed by atoms with Gasteiger partial charge in [-0.3, -0.25) is 0 Å². The zero-order valence-electron chi connectivity index (χ0n) is 19.7. The highest BCUT2D eigenvalue weighted by Gasteiger charge is 2.12. The first-order valence-corrected chi connectivity index (χ1v) is 11.9. The van der Waals surface area contributed by atoms with E-state index in [0.717, 1.165) is 6.42 Å². The van der Waals surface area contributed by atoms with Gasteiger partial charge in [-0.15, -0.1) is 0 Å². The molecule has 0 bridgehead atoms. The molecule has 0 amide bonds. The number of benzene rings is 1. The first-order chi connectivity index (χ1) is 14.7. The van der Waals surface area contributed by atoms with Gasteiger partial charge in [0.1, 0.15) is 5.75 Å². The van der Waals surface area contributed by atoms with Gasteiger partial charge in [-0.2, -0.15) is 0 Å². The van der Waals surface area contributed by atoms with Crippen molar-refractivity contribution in [1.29, 1.82) is 0 Å². The van der Waals surface area contributed by atoms with E-state index in [-0.39, 0.29) is 6.79 Å². The van der Waals surface area contributed by atoms with Gasteiger partial charge in [0.25, 0.3) is 0 Å². The highest BCUT2D eigenvalue weighted by Crippen LogP contribution is 2.37. The van der Waals surface area contributed by atoms with Gasteiger partial charge in [-0.1, -0.05) is 90.4 Å². The molecule has 0 unspecified atom stereocenters. The second kappa shape index (κ2) is 18.2. The molecule has 5 heteroatoms. The fourth-order valence-electron chi connectivity index (χ4n) is 3.59. The van der Waals surface area contributed by atoms with Gasteiger partial charge < -0.3 is 24.7 Å². The topological polar surface area (TPSA) is 62.9 Å². The molecule has 0 saturated carbocycles. The Kier molecular flexibility index (Phi) is 16.0. The van der Waals surface area contributed by atoms with E-state index in [1.807, 2.05) is 6.07 Å². The van der Waals surface area contributed by atoms with Crippen molar-refractivity contribution in [3.63, 3.8) is 0 Å². The number of unbranched alkanes of at least 4 members (excludes halogenated alkanes) is 13. The minimum atomic E-state index is 0.125. The van der Waals surface area contributed by atoms with Crippen LogP contribution in [-0.2, 0) is 4.74 Å². The van der Waals surface area contributed by atoms with Crippen molar-refractivity contribution in [1.82, 2.24) is 0 Å². The van der Waals surface area contributed by atoms with Crippen molar-refractivity contribution in [3.8, 4) is 17.2 Å². The molecule has 0 heterocycles. The predicted octanol–water partition coefficient (Wildman–Crippen LogP) is 7.12. The van der Waals surface area contributed by atoms with Crippen molar-refractivity contribution in [2.24, 2.45) is 0 Å². The van der Waals surface area contributed by atoms with Crippen LogP contribution in [0.5, 0.6) is 17.2 Å². The summed E-state index contributed by atoms with van der Waals surface area (Å²) in [5.74, 6) is 1.76. The summed E-state index contributed by atoms with van der Waals surface area (Å²) in [7, 11) is 3.16. The molecular formula is C25H45NO4. The number of ether oxygens (including phenoxy) is 4. The van der Waals surface area contributed by atoms with E-state index in [1.165, 1.54) is 83.5 Å². The number of methoxy groups -OCH3 is 2. The standard InChI is InChI=1S/C25H45NO4/c1-4-5-6-7-8-9-10-11-12-13-14-15-16-17-18-29-22-19-23(26)25(30-21-27-2)24(20-22)28-3/h19-20H,4-18,21,26H2,1-3H3. The van der Waals surface area contributed by atoms with Crippen LogP contribution in [0, 0.1) is 0 Å². The van der Waals surface area contributed by atoms with Crippen LogP contribution in [0.25, 0.3) is 0 Å². The smallest absolute Gasteiger partial charge is 0.189 e. The van der Waals surface area contributed by atoms with Gasteiger partial charge in [0, 0.05) is 19.2 Å². The van der Waals surface area contributed by atoms with Crippen LogP contribution in [0.3, 0.4) is 0 Å². The molecule has 0 aromatic heterocycles. The number of hydrogen-bond donors (Lipinski definition) is 1. The van der Waals surface area contributed by atoms with Crippen LogP contribution in [-0.4, -0.2) is 27.6 Å². The van der Waals surface area contributed by atoms with E-state index in [0.29, 0.717) is 29.5 Å². The third-order valence-electron chi connectivity index (χ3n) is 5.36. The molecule has 0 atom stereocenters. The molecule has 0 aliphatic heterocycles. The largest absolute Gasteiger partial charge is 0.493 e. The maximum atomic E-state index is 6.05. The van der Waals surface area contributed by atoms with Gasteiger partial charge in [-0.25, -0.2) is 0 Å². The molecule has 0 aliphatic carbocycles. The average molecular weight is 424 g/mol. The number of rotatable bonds is 20. The van der Waals surface area contributed by atoms with Gasteiger partial charge in [0.2, 0.25) is 0 Å². The third-order valence-corrected chi connectivity index (χ3v) is 5.36. The highest BCUT2D eigenvalue weighted by molar-refractivity contribution is 5.63. The molecule has 1 aromatic rings. The van der Waals surface area contributed by atoms with E-state index >= 15 is 0 Å². The zero-order valence-corrected chi connectivity index (χ0v) is 19.7. The summed E-state index contributed by atoms with van der Waals surface area (Å²) in [6.45, 7) is 3.10. The van der Waals surface area contributed by atoms with Crippen LogP contribution in [0.2, 0.25) is 0 Å². The summed E-state index contributed by atoms with van der Waals surface area (Å²) >= 11 is 0. The summed E-state index contributed by atoms with van der Waals surface area (Å²) in [5.41, 5.74) is 6.54. The van der Waals surface area contributed by atoms with Crippen LogP contribution in [0.15, 0.2) is 12.1 Å². The number of nitrogens with two attached hydrogens (primary N) is 1. The summed E-state index contributed by atoms with van der Waals surface area (Å²) in [6, 6.07) is 3.59. The van der Waals surface area contributed by atoms with Crippen LogP contribution in [0.1, 0.15) is 96.8 Å². The number of hydrogen-bond acceptors (Lipinski definition) is 5. The second-order valence-corrected chi connectivity index (χ2v) is 8.04. The molecule has 30 heavy (non-hydrogen) atoms. The van der Waals surface area contributed by atoms with Gasteiger partial charge in [0.15, 0.2) is 18.3 Å². The van der Waals surface area contributed by atoms with E-state index in [1.54, 1.807) is 20.3 Å². The average Bonchev–Trinajstić information content (AvgIpc) is 2.75. The maximum absolute atomic E-state index is 6.05. The normalized spacial score (nSPS) is 10.9. The van der Waals surface area contributed by atoms with Gasteiger partial charge in [0.05, 0.1) is 19.4 Å². The molecule has 1 rings (SSSR count). The van der Waals surface area contributed by atoms with Crippen molar-refractivity contribution in [2.75, 3.05) is 33.4 Å². The Bertz CT molecular complexity index is 536. The lowest BCUT2D eigenvalue weighted by Crippen LogP contribution is -2.05. The van der Waals surface area contributed by atoms with E-state index in [2.05, 4.69) is 6.92 Å². The molecule has 0 saturated heterocycles. The summed E-state index contributed by atoms with van der Waals surface area (Å²) in [6.07, 6.45) is 18.9. The first kappa shape index (κ1) is 26.4. The Labute approximate surface area is 184 Å². The predicted molar refractivity (Wildman–Crippen MR) is 126 cm³/mol. The second-order valence-electron chi connectivity index (χ2n) is 8.04. The fourth-order valence-corrected chi connectivity index (χ4v) is 3.59. The zero-order chi connectivity index (χ0) is 21.9. The highest BCUT2D eigenvalue weighted by atomic mass is 16.7. The van der Waals surface area contributed by atoms with E-state index in [9.17, 15) is 0 Å². The summed E-state index contributed by atoms with van der Waals surface area (Å²) < 4.78 is 21.6. The van der Waals surface area contributed by atoms with Crippen LogP contribution in [0.4, 0.5) is 5.69 Å². The van der Waals surface area contributed by atoms with Crippen molar-refractivity contribution in [3.05, 3.63) is 12.1 Å². The molecule has 0 aliphatic rings. The monoisotopic (exact) mass is 423 g/mol. The lowest BCUT2D eigenvalue weighted by molar-refractivity contribution is 0.0496. The van der Waals surface area contributed by atoms with Crippen LogP contribution >= 0.6 is 0 Å². The molecule has 174 valence electrons. The Morgan fingerprint density at radius 3 is 1.73 bits per heavy atom. The van der Waals surface area contributed by atoms with Crippen molar-refractivity contribution < 1.29 is 18.9 Å². The van der Waals surface area contributed by atoms with Crippen molar-refractivity contribution >= 4 is 5.69 Å². The van der Waals surface area contributed by atoms with Crippen LogP contribution < -0.4 is 19.9 Å². The summed E-state index contributed by atoms with van der Waals surface area (Å²) in [4.78, 5) is 0. The Balaban J connectivity index is 2.03. The fraction of sp³-hybridized carbons (Fsp3) is 0.760. The van der Waals surface area contributed by atoms with Gasteiger partial charge >= 0.3 is 0 Å². The molecule has 1 aromatic carbocycles. The minimum absolute atomic E-state index is 0.125. The molecule has 0 radical (unpaired) electrons. The first-order valence-electron chi connectivity index (χ1n) is 11.9. The SMILES string of the molecule is CCCCCCCCCCCCCCCCOc1cc(N)c(OCOC)c(OC)c1. The van der Waals surface area contributed by atoms with E-state index in [4.69, 9.17) is 24.7 Å². The summed E-state index contributed by atoms with van der Waals surface area (Å²) in [5, 5.41) is 0. The minimum Gasteiger partial charge on any atom is -0.493 e. The Morgan fingerprint density at radius 1 is 0.700 bits per heavy atom. The van der Waals surface area contributed by atoms with E-state index < -0.39 is 0 Å². The third kappa shape index (κ3) is 12.2. The lowest BCUT2D eigenvalue weighted by atomic mass is 10.0. The lowest BCUT2D eigenvalue weighted by Gasteiger charge is -2.14. The maximum Gasteiger partial charge on any atom is 0.189 e. The number of anilines is 1. The molecular weight excluding hydrogens is 378 g/mol. The molecule has 5 nitrogen and oxygen atoms in total. The van der Waals surface area contributed by atoms with Gasteiger partial charge in [-0.05, 0) is 6.42 Å². The van der Waals surface area contributed by atoms with Crippen molar-refractivity contribution in [2.45, 2.75) is 96.8 Å². The Hall–Kier alpha value is -1.62. The molecule has 0 spiro atoms. The Morgan fingerprint density at radius 2 is 1.23 bits per heavy atom.